The number of amides is 1. The molecule has 0 radical (unpaired) electrons. The van der Waals surface area contributed by atoms with Crippen LogP contribution in [0.2, 0.25) is 0 Å². The molecule has 0 spiro atoms. The topological polar surface area (TPSA) is 118 Å². The number of morpholine rings is 1. The minimum Gasteiger partial charge on any atom is -0.488 e. The molecular formula is C35H45N3O7. The average molecular weight is 620 g/mol. The highest BCUT2D eigenvalue weighted by atomic mass is 16.5. The number of H-pyrrole nitrogens is 1. The van der Waals surface area contributed by atoms with Gasteiger partial charge in [0.1, 0.15) is 35.5 Å². The third-order valence-electron chi connectivity index (χ3n) is 9.09. The van der Waals surface area contributed by atoms with Crippen LogP contribution in [0.15, 0.2) is 53.1 Å². The summed E-state index contributed by atoms with van der Waals surface area (Å²) in [5, 5.41) is 16.2. The summed E-state index contributed by atoms with van der Waals surface area (Å²) in [5.41, 5.74) is 2.30. The summed E-state index contributed by atoms with van der Waals surface area (Å²) < 4.78 is 28.7. The predicted molar refractivity (Wildman–Crippen MR) is 172 cm³/mol. The van der Waals surface area contributed by atoms with Crippen molar-refractivity contribution in [3.63, 3.8) is 0 Å². The van der Waals surface area contributed by atoms with Gasteiger partial charge < -0.3 is 38.8 Å². The zero-order valence-electron chi connectivity index (χ0n) is 26.5. The van der Waals surface area contributed by atoms with E-state index in [1.54, 1.807) is 13.4 Å². The molecule has 10 heteroatoms. The summed E-state index contributed by atoms with van der Waals surface area (Å²) in [7, 11) is 1.65. The van der Waals surface area contributed by atoms with Crippen molar-refractivity contribution in [1.29, 1.82) is 0 Å². The number of rotatable bonds is 12. The summed E-state index contributed by atoms with van der Waals surface area (Å²) in [6.07, 6.45) is 5.53. The number of aliphatic hydroxyl groups is 1. The van der Waals surface area contributed by atoms with Gasteiger partial charge in [-0.15, -0.1) is 0 Å². The molecule has 45 heavy (non-hydrogen) atoms. The normalized spacial score (nSPS) is 23.3. The molecule has 10 nitrogen and oxygen atoms in total. The maximum Gasteiger partial charge on any atom is 0.267 e. The van der Waals surface area contributed by atoms with Gasteiger partial charge in [0, 0.05) is 60.7 Å². The van der Waals surface area contributed by atoms with Gasteiger partial charge in [0.2, 0.25) is 0 Å². The zero-order valence-corrected chi connectivity index (χ0v) is 26.5. The van der Waals surface area contributed by atoms with Crippen LogP contribution in [0.25, 0.3) is 21.9 Å². The Hall–Kier alpha value is -3.57. The number of carbonyl (C=O) groups excluding carboxylic acids is 1. The van der Waals surface area contributed by atoms with Gasteiger partial charge in [0.25, 0.3) is 5.91 Å². The van der Waals surface area contributed by atoms with Crippen LogP contribution in [0.3, 0.4) is 0 Å². The van der Waals surface area contributed by atoms with E-state index in [0.29, 0.717) is 37.5 Å². The highest BCUT2D eigenvalue weighted by molar-refractivity contribution is 5.99. The lowest BCUT2D eigenvalue weighted by molar-refractivity contribution is -0.0452. The molecule has 1 amide bonds. The first kappa shape index (κ1) is 31.4. The maximum absolute atomic E-state index is 13.2. The molecule has 242 valence electrons. The van der Waals surface area contributed by atoms with E-state index in [4.69, 9.17) is 23.4 Å². The lowest BCUT2D eigenvalue weighted by atomic mass is 9.80. The summed E-state index contributed by atoms with van der Waals surface area (Å²) in [6.45, 7) is 8.33. The van der Waals surface area contributed by atoms with Crippen LogP contribution in [-0.2, 0) is 16.1 Å². The molecule has 1 unspecified atom stereocenters. The van der Waals surface area contributed by atoms with Crippen molar-refractivity contribution in [2.24, 2.45) is 0 Å². The molecule has 1 saturated heterocycles. The number of ether oxygens (including phenoxy) is 4. The Balaban J connectivity index is 1.03. The van der Waals surface area contributed by atoms with Crippen LogP contribution in [-0.4, -0.2) is 84.7 Å². The van der Waals surface area contributed by atoms with Crippen LogP contribution in [0, 0.1) is 0 Å². The molecular weight excluding hydrogens is 574 g/mol. The second-order valence-electron chi connectivity index (χ2n) is 12.7. The second kappa shape index (κ2) is 13.8. The quantitative estimate of drug-likeness (QED) is 0.192. The van der Waals surface area contributed by atoms with Gasteiger partial charge in [0.05, 0.1) is 31.2 Å². The predicted octanol–water partition coefficient (Wildman–Crippen LogP) is 5.42. The third-order valence-corrected chi connectivity index (χ3v) is 9.09. The van der Waals surface area contributed by atoms with Crippen LogP contribution in [0.5, 0.6) is 11.5 Å². The van der Waals surface area contributed by atoms with Gasteiger partial charge in [-0.1, -0.05) is 6.07 Å². The summed E-state index contributed by atoms with van der Waals surface area (Å²) in [5.74, 6) is 1.26. The van der Waals surface area contributed by atoms with Crippen LogP contribution in [0.4, 0.5) is 0 Å². The zero-order chi connectivity index (χ0) is 31.4. The number of methoxy groups -OCH3 is 1. The minimum atomic E-state index is -0.671. The smallest absolute Gasteiger partial charge is 0.267 e. The SMILES string of the molecule is COCC(C)Oc1ccc2c(COc3cccc4[nH]c(C(=O)NC5CCC(O)(CCN6CCO[C@@H](C)C6)CC5)cc34)coc2c1. The summed E-state index contributed by atoms with van der Waals surface area (Å²) in [6, 6.07) is 13.4. The van der Waals surface area contributed by atoms with Crippen LogP contribution >= 0.6 is 0 Å². The van der Waals surface area contributed by atoms with E-state index < -0.39 is 5.60 Å². The van der Waals surface area contributed by atoms with Crippen molar-refractivity contribution in [3.05, 3.63) is 60.0 Å². The van der Waals surface area contributed by atoms with Crippen molar-refractivity contribution in [1.82, 2.24) is 15.2 Å². The number of aromatic amines is 1. The Labute approximate surface area is 263 Å². The number of nitrogens with one attached hydrogen (secondary N) is 2. The summed E-state index contributed by atoms with van der Waals surface area (Å²) in [4.78, 5) is 18.9. The summed E-state index contributed by atoms with van der Waals surface area (Å²) >= 11 is 0. The molecule has 4 aromatic rings. The number of benzene rings is 2. The minimum absolute atomic E-state index is 0.0341. The second-order valence-corrected chi connectivity index (χ2v) is 12.7. The van der Waals surface area contributed by atoms with Crippen LogP contribution < -0.4 is 14.8 Å². The molecule has 1 aliphatic carbocycles. The van der Waals surface area contributed by atoms with Crippen molar-refractivity contribution in [2.75, 3.05) is 40.0 Å². The maximum atomic E-state index is 13.2. The monoisotopic (exact) mass is 619 g/mol. The van der Waals surface area contributed by atoms with Gasteiger partial charge in [0.15, 0.2) is 0 Å². The largest absolute Gasteiger partial charge is 0.488 e. The van der Waals surface area contributed by atoms with Crippen molar-refractivity contribution < 1.29 is 33.3 Å². The standard InChI is InChI=1S/C35H45N3O7/c1-23-19-38(15-16-42-23)14-13-35(40)11-9-26(10-12-35)36-34(39)31-18-29-30(37-31)5-4-6-32(29)43-21-25-22-44-33-17-27(7-8-28(25)33)45-24(2)20-41-3/h4-8,17-18,22-24,26,37,40H,9-16,19-21H2,1-3H3,(H,36,39)/t23-,24?,26?,35?/m0/s1. The molecule has 2 aromatic carbocycles. The van der Waals surface area contributed by atoms with E-state index >= 15 is 0 Å². The number of fused-ring (bicyclic) bond motifs is 2. The van der Waals surface area contributed by atoms with E-state index in [0.717, 1.165) is 78.7 Å². The molecule has 2 aliphatic rings. The fraction of sp³-hybridized carbons (Fsp3) is 0.514. The fourth-order valence-corrected chi connectivity index (χ4v) is 6.55. The van der Waals surface area contributed by atoms with Gasteiger partial charge in [-0.2, -0.15) is 0 Å². The Morgan fingerprint density at radius 3 is 2.84 bits per heavy atom. The van der Waals surface area contributed by atoms with Gasteiger partial charge in [-0.3, -0.25) is 9.69 Å². The molecule has 6 rings (SSSR count). The van der Waals surface area contributed by atoms with E-state index in [1.165, 1.54) is 0 Å². The molecule has 2 atom stereocenters. The Morgan fingerprint density at radius 2 is 2.04 bits per heavy atom. The van der Waals surface area contributed by atoms with Crippen LogP contribution in [0.1, 0.15) is 62.0 Å². The van der Waals surface area contributed by atoms with Gasteiger partial charge in [-0.05, 0) is 76.3 Å². The van der Waals surface area contributed by atoms with Gasteiger partial charge >= 0.3 is 0 Å². The molecule has 2 aromatic heterocycles. The fourth-order valence-electron chi connectivity index (χ4n) is 6.55. The highest BCUT2D eigenvalue weighted by Crippen LogP contribution is 2.33. The average Bonchev–Trinajstić information content (AvgIpc) is 3.65. The Bertz CT molecular complexity index is 1590. The molecule has 1 aliphatic heterocycles. The number of aromatic nitrogens is 1. The lowest BCUT2D eigenvalue weighted by Gasteiger charge is -2.39. The number of hydrogen-bond acceptors (Lipinski definition) is 8. The lowest BCUT2D eigenvalue weighted by Crippen LogP contribution is -2.47. The molecule has 2 fully saturated rings. The first-order valence-corrected chi connectivity index (χ1v) is 16.1. The van der Waals surface area contributed by atoms with E-state index in [1.807, 2.05) is 49.4 Å². The molecule has 1 saturated carbocycles. The first-order chi connectivity index (χ1) is 21.8. The highest BCUT2D eigenvalue weighted by Gasteiger charge is 2.34. The van der Waals surface area contributed by atoms with E-state index in [2.05, 4.69) is 22.1 Å². The third kappa shape index (κ3) is 7.64. The molecule has 3 N–H and O–H groups in total. The number of furan rings is 1. The molecule has 0 bridgehead atoms. The van der Waals surface area contributed by atoms with Crippen molar-refractivity contribution >= 4 is 27.8 Å². The molecule has 3 heterocycles. The Morgan fingerprint density at radius 1 is 1.20 bits per heavy atom. The number of hydrogen-bond donors (Lipinski definition) is 3. The van der Waals surface area contributed by atoms with E-state index in [9.17, 15) is 9.90 Å². The van der Waals surface area contributed by atoms with E-state index in [-0.39, 0.29) is 24.2 Å². The Kier molecular flexibility index (Phi) is 9.65. The number of nitrogens with zero attached hydrogens (tertiary/aromatic N) is 1. The first-order valence-electron chi connectivity index (χ1n) is 16.1. The number of carbonyl (C=O) groups is 1. The van der Waals surface area contributed by atoms with Gasteiger partial charge in [-0.25, -0.2) is 0 Å². The van der Waals surface area contributed by atoms with Crippen molar-refractivity contribution in [3.8, 4) is 11.5 Å². The van der Waals surface area contributed by atoms with Crippen molar-refractivity contribution in [2.45, 2.75) is 76.4 Å².